The van der Waals surface area contributed by atoms with Crippen LogP contribution in [0.2, 0.25) is 5.02 Å². The Hall–Kier alpha value is -2.02. The number of benzene rings is 2. The number of thioether (sulfide) groups is 1. The first-order valence-electron chi connectivity index (χ1n) is 9.17. The topological polar surface area (TPSA) is 60.2 Å². The van der Waals surface area contributed by atoms with Gasteiger partial charge in [0, 0.05) is 22.9 Å². The Morgan fingerprint density at radius 2 is 1.89 bits per heavy atom. The molecule has 1 heterocycles. The van der Waals surface area contributed by atoms with E-state index < -0.39 is 6.10 Å². The van der Waals surface area contributed by atoms with Crippen molar-refractivity contribution in [3.8, 4) is 17.1 Å². The van der Waals surface area contributed by atoms with Gasteiger partial charge in [-0.25, -0.2) is 0 Å². The van der Waals surface area contributed by atoms with Crippen molar-refractivity contribution in [3.05, 3.63) is 58.6 Å². The summed E-state index contributed by atoms with van der Waals surface area (Å²) in [6, 6.07) is 13.6. The molecule has 28 heavy (non-hydrogen) atoms. The average molecular weight is 418 g/mol. The van der Waals surface area contributed by atoms with E-state index in [2.05, 4.69) is 16.3 Å². The normalized spacial score (nSPS) is 12.2. The lowest BCUT2D eigenvalue weighted by Crippen LogP contribution is -2.20. The minimum atomic E-state index is -0.609. The number of rotatable bonds is 8. The molecule has 0 aliphatic carbocycles. The molecule has 148 valence electrons. The summed E-state index contributed by atoms with van der Waals surface area (Å²) in [5, 5.41) is 20.3. The second-order valence-electron chi connectivity index (χ2n) is 6.66. The first-order valence-corrected chi connectivity index (χ1v) is 10.5. The molecule has 1 N–H and O–H groups in total. The standard InChI is InChI=1S/C21H24ClN3O2S/c1-4-25-20(16-6-5-7-17(22)11-16)23-24-21(25)28-13-18(26)12-27-19-9-14(2)8-15(3)10-19/h5-11,18,26H,4,12-13H2,1-3H3. The Morgan fingerprint density at radius 1 is 1.14 bits per heavy atom. The molecule has 0 saturated carbocycles. The molecule has 1 unspecified atom stereocenters. The Balaban J connectivity index is 1.61. The predicted octanol–water partition coefficient (Wildman–Crippen LogP) is 4.77. The third kappa shape index (κ3) is 5.28. The van der Waals surface area contributed by atoms with Crippen LogP contribution in [0.4, 0.5) is 0 Å². The molecule has 0 amide bonds. The van der Waals surface area contributed by atoms with E-state index in [1.54, 1.807) is 0 Å². The second kappa shape index (κ2) is 9.45. The van der Waals surface area contributed by atoms with Gasteiger partial charge in [-0.15, -0.1) is 10.2 Å². The summed E-state index contributed by atoms with van der Waals surface area (Å²) in [7, 11) is 0. The fourth-order valence-corrected chi connectivity index (χ4v) is 4.05. The second-order valence-corrected chi connectivity index (χ2v) is 8.08. The van der Waals surface area contributed by atoms with Crippen molar-refractivity contribution < 1.29 is 9.84 Å². The van der Waals surface area contributed by atoms with Crippen LogP contribution in [0.1, 0.15) is 18.1 Å². The fraction of sp³-hybridized carbons (Fsp3) is 0.333. The van der Waals surface area contributed by atoms with Crippen LogP contribution >= 0.6 is 23.4 Å². The van der Waals surface area contributed by atoms with Gasteiger partial charge in [0.2, 0.25) is 0 Å². The fourth-order valence-electron chi connectivity index (χ4n) is 2.95. The summed E-state index contributed by atoms with van der Waals surface area (Å²) in [5.41, 5.74) is 3.21. The van der Waals surface area contributed by atoms with Gasteiger partial charge in [0.05, 0.1) is 6.10 Å². The van der Waals surface area contributed by atoms with Gasteiger partial charge in [-0.2, -0.15) is 0 Å². The quantitative estimate of drug-likeness (QED) is 0.535. The average Bonchev–Trinajstić information content (AvgIpc) is 3.07. The molecule has 0 spiro atoms. The number of aliphatic hydroxyl groups excluding tert-OH is 1. The van der Waals surface area contributed by atoms with Crippen molar-refractivity contribution in [2.45, 2.75) is 38.6 Å². The van der Waals surface area contributed by atoms with Crippen LogP contribution in [-0.4, -0.2) is 38.3 Å². The number of hydrogen-bond acceptors (Lipinski definition) is 5. The van der Waals surface area contributed by atoms with Crippen molar-refractivity contribution in [1.29, 1.82) is 0 Å². The molecule has 0 bridgehead atoms. The van der Waals surface area contributed by atoms with E-state index in [-0.39, 0.29) is 6.61 Å². The third-order valence-electron chi connectivity index (χ3n) is 4.16. The van der Waals surface area contributed by atoms with Gasteiger partial charge in [-0.1, -0.05) is 41.6 Å². The number of aryl methyl sites for hydroxylation is 2. The van der Waals surface area contributed by atoms with Gasteiger partial charge in [0.15, 0.2) is 11.0 Å². The SMILES string of the molecule is CCn1c(SCC(O)COc2cc(C)cc(C)c2)nnc1-c1cccc(Cl)c1. The zero-order valence-electron chi connectivity index (χ0n) is 16.2. The summed E-state index contributed by atoms with van der Waals surface area (Å²) < 4.78 is 7.76. The monoisotopic (exact) mass is 417 g/mol. The van der Waals surface area contributed by atoms with Crippen molar-refractivity contribution >= 4 is 23.4 Å². The Kier molecular flexibility index (Phi) is 6.99. The number of hydrogen-bond donors (Lipinski definition) is 1. The van der Waals surface area contributed by atoms with Crippen LogP contribution in [0, 0.1) is 13.8 Å². The molecule has 0 fully saturated rings. The van der Waals surface area contributed by atoms with Crippen molar-refractivity contribution in [2.24, 2.45) is 0 Å². The van der Waals surface area contributed by atoms with E-state index in [1.807, 2.05) is 61.7 Å². The Morgan fingerprint density at radius 3 is 2.57 bits per heavy atom. The van der Waals surface area contributed by atoms with E-state index in [0.29, 0.717) is 10.8 Å². The van der Waals surface area contributed by atoms with E-state index in [0.717, 1.165) is 40.0 Å². The lowest BCUT2D eigenvalue weighted by molar-refractivity contribution is 0.126. The number of aromatic nitrogens is 3. The highest BCUT2D eigenvalue weighted by molar-refractivity contribution is 7.99. The molecular weight excluding hydrogens is 394 g/mol. The molecule has 0 radical (unpaired) electrons. The molecule has 5 nitrogen and oxygen atoms in total. The van der Waals surface area contributed by atoms with E-state index in [4.69, 9.17) is 16.3 Å². The minimum Gasteiger partial charge on any atom is -0.491 e. The first kappa shape index (κ1) is 20.7. The van der Waals surface area contributed by atoms with Crippen LogP contribution in [-0.2, 0) is 6.54 Å². The molecule has 1 aromatic heterocycles. The van der Waals surface area contributed by atoms with Crippen LogP contribution in [0.15, 0.2) is 47.6 Å². The van der Waals surface area contributed by atoms with Crippen LogP contribution < -0.4 is 4.74 Å². The highest BCUT2D eigenvalue weighted by Gasteiger charge is 2.15. The number of aliphatic hydroxyl groups is 1. The summed E-state index contributed by atoms with van der Waals surface area (Å²) in [6.45, 7) is 7.06. The highest BCUT2D eigenvalue weighted by Crippen LogP contribution is 2.26. The number of halogens is 1. The zero-order valence-corrected chi connectivity index (χ0v) is 17.8. The lowest BCUT2D eigenvalue weighted by atomic mass is 10.1. The maximum Gasteiger partial charge on any atom is 0.191 e. The third-order valence-corrected chi connectivity index (χ3v) is 5.51. The van der Waals surface area contributed by atoms with Crippen LogP contribution in [0.5, 0.6) is 5.75 Å². The van der Waals surface area contributed by atoms with Crippen LogP contribution in [0.25, 0.3) is 11.4 Å². The largest absolute Gasteiger partial charge is 0.491 e. The Bertz CT molecular complexity index is 925. The van der Waals surface area contributed by atoms with Gasteiger partial charge >= 0.3 is 0 Å². The number of ether oxygens (including phenoxy) is 1. The molecular formula is C21H24ClN3O2S. The maximum absolute atomic E-state index is 10.3. The van der Waals surface area contributed by atoms with Crippen LogP contribution in [0.3, 0.4) is 0 Å². The van der Waals surface area contributed by atoms with Gasteiger partial charge in [0.25, 0.3) is 0 Å². The number of nitrogens with zero attached hydrogens (tertiary/aromatic N) is 3. The summed E-state index contributed by atoms with van der Waals surface area (Å²) in [4.78, 5) is 0. The van der Waals surface area contributed by atoms with Gasteiger partial charge in [-0.3, -0.25) is 0 Å². The smallest absolute Gasteiger partial charge is 0.191 e. The maximum atomic E-state index is 10.3. The van der Waals surface area contributed by atoms with Crippen molar-refractivity contribution in [2.75, 3.05) is 12.4 Å². The van der Waals surface area contributed by atoms with Crippen molar-refractivity contribution in [1.82, 2.24) is 14.8 Å². The predicted molar refractivity (Wildman–Crippen MR) is 114 cm³/mol. The zero-order chi connectivity index (χ0) is 20.1. The molecule has 2 aromatic carbocycles. The first-order chi connectivity index (χ1) is 13.5. The molecule has 0 aliphatic heterocycles. The molecule has 7 heteroatoms. The molecule has 0 aliphatic rings. The van der Waals surface area contributed by atoms with E-state index in [9.17, 15) is 5.11 Å². The summed E-state index contributed by atoms with van der Waals surface area (Å²) >= 11 is 7.56. The Labute approximate surface area is 174 Å². The molecule has 0 saturated heterocycles. The van der Waals surface area contributed by atoms with Gasteiger partial charge in [-0.05, 0) is 56.2 Å². The van der Waals surface area contributed by atoms with Gasteiger partial charge < -0.3 is 14.4 Å². The summed E-state index contributed by atoms with van der Waals surface area (Å²) in [6.07, 6.45) is -0.609. The van der Waals surface area contributed by atoms with E-state index >= 15 is 0 Å². The highest BCUT2D eigenvalue weighted by atomic mass is 35.5. The van der Waals surface area contributed by atoms with Crippen molar-refractivity contribution in [3.63, 3.8) is 0 Å². The van der Waals surface area contributed by atoms with E-state index in [1.165, 1.54) is 11.8 Å². The molecule has 1 atom stereocenters. The molecule has 3 rings (SSSR count). The minimum absolute atomic E-state index is 0.233. The summed E-state index contributed by atoms with van der Waals surface area (Å²) in [5.74, 6) is 2.02. The molecule has 3 aromatic rings. The lowest BCUT2D eigenvalue weighted by Gasteiger charge is -2.13. The van der Waals surface area contributed by atoms with Gasteiger partial charge in [0.1, 0.15) is 12.4 Å².